The summed E-state index contributed by atoms with van der Waals surface area (Å²) in [5, 5.41) is 5.60. The number of benzene rings is 4. The molecule has 0 bridgehead atoms. The Labute approximate surface area is 299 Å². The SMILES string of the molecule is CCCCCCCOc1ccc(C(=O)Oc2ccc(CC(NC(=O)c3ccc(NC(=O)[C@H](OC)c4ccccc4)cc3)C(C)=O)cc2OC)cc1. The Bertz CT molecular complexity index is 1740. The van der Waals surface area contributed by atoms with Crippen molar-refractivity contribution < 1.29 is 38.1 Å². The van der Waals surface area contributed by atoms with Crippen LogP contribution in [-0.4, -0.2) is 50.4 Å². The number of esters is 1. The van der Waals surface area contributed by atoms with E-state index >= 15 is 0 Å². The number of nitrogens with one attached hydrogen (secondary N) is 2. The van der Waals surface area contributed by atoms with Crippen LogP contribution in [-0.2, 0) is 20.7 Å². The third-order valence-corrected chi connectivity index (χ3v) is 8.26. The number of carbonyl (C=O) groups excluding carboxylic acids is 4. The fraction of sp³-hybridized carbons (Fsp3) is 0.317. The van der Waals surface area contributed by atoms with E-state index in [2.05, 4.69) is 17.6 Å². The van der Waals surface area contributed by atoms with Gasteiger partial charge in [0.15, 0.2) is 23.4 Å². The zero-order valence-corrected chi connectivity index (χ0v) is 29.6. The first-order chi connectivity index (χ1) is 24.7. The summed E-state index contributed by atoms with van der Waals surface area (Å²) in [5.41, 5.74) is 2.56. The highest BCUT2D eigenvalue weighted by molar-refractivity contribution is 5.99. The number of anilines is 1. The molecular weight excluding hydrogens is 648 g/mol. The van der Waals surface area contributed by atoms with E-state index in [4.69, 9.17) is 18.9 Å². The van der Waals surface area contributed by atoms with Gasteiger partial charge in [-0.1, -0.05) is 69.0 Å². The maximum absolute atomic E-state index is 13.1. The molecule has 0 aliphatic rings. The van der Waals surface area contributed by atoms with Crippen LogP contribution < -0.4 is 24.8 Å². The van der Waals surface area contributed by atoms with Crippen molar-refractivity contribution in [3.63, 3.8) is 0 Å². The van der Waals surface area contributed by atoms with Crippen LogP contribution in [0.3, 0.4) is 0 Å². The Morgan fingerprint density at radius 1 is 0.745 bits per heavy atom. The van der Waals surface area contributed by atoms with Gasteiger partial charge in [0, 0.05) is 18.4 Å². The molecule has 2 amide bonds. The van der Waals surface area contributed by atoms with Crippen LogP contribution in [0.5, 0.6) is 17.2 Å². The first-order valence-electron chi connectivity index (χ1n) is 17.1. The second kappa shape index (κ2) is 19.6. The zero-order chi connectivity index (χ0) is 36.6. The van der Waals surface area contributed by atoms with Gasteiger partial charge in [0.25, 0.3) is 11.8 Å². The summed E-state index contributed by atoms with van der Waals surface area (Å²) in [6.07, 6.45) is 5.14. The van der Waals surface area contributed by atoms with E-state index in [1.165, 1.54) is 40.4 Å². The molecule has 4 rings (SSSR count). The van der Waals surface area contributed by atoms with E-state index in [-0.39, 0.29) is 23.9 Å². The van der Waals surface area contributed by atoms with Gasteiger partial charge >= 0.3 is 5.97 Å². The first-order valence-corrected chi connectivity index (χ1v) is 17.1. The fourth-order valence-electron chi connectivity index (χ4n) is 5.37. The number of hydrogen-bond acceptors (Lipinski definition) is 8. The minimum atomic E-state index is -0.833. The predicted octanol–water partition coefficient (Wildman–Crippen LogP) is 7.52. The molecule has 10 nitrogen and oxygen atoms in total. The molecule has 2 N–H and O–H groups in total. The third kappa shape index (κ3) is 11.5. The molecule has 0 aliphatic heterocycles. The minimum Gasteiger partial charge on any atom is -0.494 e. The normalized spacial score (nSPS) is 11.9. The zero-order valence-electron chi connectivity index (χ0n) is 29.6. The van der Waals surface area contributed by atoms with Crippen molar-refractivity contribution in [2.75, 3.05) is 26.1 Å². The molecular formula is C41H46N2O8. The first kappa shape index (κ1) is 38.3. The molecule has 0 fully saturated rings. The summed E-state index contributed by atoms with van der Waals surface area (Å²) in [6.45, 7) is 4.22. The summed E-state index contributed by atoms with van der Waals surface area (Å²) < 4.78 is 22.3. The molecule has 268 valence electrons. The van der Waals surface area contributed by atoms with Gasteiger partial charge in [-0.15, -0.1) is 0 Å². The smallest absolute Gasteiger partial charge is 0.343 e. The molecule has 51 heavy (non-hydrogen) atoms. The van der Waals surface area contributed by atoms with E-state index in [0.717, 1.165) is 12.8 Å². The Hall–Kier alpha value is -5.48. The van der Waals surface area contributed by atoms with Crippen LogP contribution in [0.4, 0.5) is 5.69 Å². The Kier molecular flexibility index (Phi) is 14.8. The van der Waals surface area contributed by atoms with Crippen molar-refractivity contribution in [3.8, 4) is 17.2 Å². The second-order valence-corrected chi connectivity index (χ2v) is 12.1. The molecule has 4 aromatic rings. The van der Waals surface area contributed by atoms with Crippen LogP contribution in [0, 0.1) is 0 Å². The van der Waals surface area contributed by atoms with Crippen LogP contribution in [0.15, 0.2) is 97.1 Å². The van der Waals surface area contributed by atoms with Gasteiger partial charge in [-0.05, 0) is 91.6 Å². The lowest BCUT2D eigenvalue weighted by atomic mass is 10.0. The number of ether oxygens (including phenoxy) is 4. The molecule has 0 heterocycles. The van der Waals surface area contributed by atoms with Gasteiger partial charge in [-0.2, -0.15) is 0 Å². The van der Waals surface area contributed by atoms with E-state index < -0.39 is 24.0 Å². The molecule has 0 radical (unpaired) electrons. The molecule has 1 unspecified atom stereocenters. The second-order valence-electron chi connectivity index (χ2n) is 12.1. The quantitative estimate of drug-likeness (QED) is 0.0586. The van der Waals surface area contributed by atoms with Crippen molar-refractivity contribution in [2.45, 2.75) is 64.5 Å². The van der Waals surface area contributed by atoms with E-state index in [0.29, 0.717) is 46.0 Å². The lowest BCUT2D eigenvalue weighted by Crippen LogP contribution is -2.41. The van der Waals surface area contributed by atoms with Crippen LogP contribution in [0.1, 0.15) is 83.9 Å². The van der Waals surface area contributed by atoms with Crippen molar-refractivity contribution in [1.29, 1.82) is 0 Å². The molecule has 0 spiro atoms. The summed E-state index contributed by atoms with van der Waals surface area (Å²) in [7, 11) is 2.92. The Morgan fingerprint density at radius 2 is 1.43 bits per heavy atom. The lowest BCUT2D eigenvalue weighted by Gasteiger charge is -2.18. The van der Waals surface area contributed by atoms with E-state index in [9.17, 15) is 19.2 Å². The summed E-state index contributed by atoms with van der Waals surface area (Å²) in [6, 6.07) is 26.4. The minimum absolute atomic E-state index is 0.178. The van der Waals surface area contributed by atoms with Crippen molar-refractivity contribution >= 4 is 29.3 Å². The van der Waals surface area contributed by atoms with E-state index in [1.54, 1.807) is 78.9 Å². The van der Waals surface area contributed by atoms with Gasteiger partial charge < -0.3 is 29.6 Å². The number of amides is 2. The average Bonchev–Trinajstić information content (AvgIpc) is 3.14. The number of Topliss-reactive ketones (excluding diaryl/α,β-unsaturated/α-hetero) is 1. The monoisotopic (exact) mass is 694 g/mol. The van der Waals surface area contributed by atoms with Crippen molar-refractivity contribution in [1.82, 2.24) is 5.32 Å². The number of methoxy groups -OCH3 is 2. The van der Waals surface area contributed by atoms with Crippen molar-refractivity contribution in [2.24, 2.45) is 0 Å². The van der Waals surface area contributed by atoms with Gasteiger partial charge in [-0.25, -0.2) is 4.79 Å². The largest absolute Gasteiger partial charge is 0.494 e. The Balaban J connectivity index is 1.32. The topological polar surface area (TPSA) is 129 Å². The van der Waals surface area contributed by atoms with E-state index in [1.807, 2.05) is 18.2 Å². The number of hydrogen-bond donors (Lipinski definition) is 2. The number of unbranched alkanes of at least 4 members (excludes halogenated alkanes) is 4. The van der Waals surface area contributed by atoms with Crippen LogP contribution in [0.25, 0.3) is 0 Å². The highest BCUT2D eigenvalue weighted by Crippen LogP contribution is 2.30. The van der Waals surface area contributed by atoms with Gasteiger partial charge in [0.05, 0.1) is 25.3 Å². The van der Waals surface area contributed by atoms with Gasteiger partial charge in [0.1, 0.15) is 5.75 Å². The molecule has 10 heteroatoms. The summed E-state index contributed by atoms with van der Waals surface area (Å²) in [5.74, 6) is -0.382. The number of carbonyl (C=O) groups is 4. The number of rotatable bonds is 19. The predicted molar refractivity (Wildman–Crippen MR) is 196 cm³/mol. The molecule has 2 atom stereocenters. The molecule has 0 aliphatic carbocycles. The third-order valence-electron chi connectivity index (χ3n) is 8.26. The van der Waals surface area contributed by atoms with Gasteiger partial charge in [-0.3, -0.25) is 14.4 Å². The molecule has 0 saturated carbocycles. The Morgan fingerprint density at radius 3 is 2.08 bits per heavy atom. The summed E-state index contributed by atoms with van der Waals surface area (Å²) >= 11 is 0. The lowest BCUT2D eigenvalue weighted by molar-refractivity contribution is -0.126. The molecule has 4 aromatic carbocycles. The average molecular weight is 695 g/mol. The standard InChI is InChI=1S/C41H46N2O8/c1-5-6-7-8-12-25-50-34-22-18-32(19-23-34)41(47)51-36-24-15-29(27-37(36)48-3)26-35(28(2)44)43-39(45)31-16-20-33(21-17-31)42-40(46)38(49-4)30-13-10-9-11-14-30/h9-11,13-24,27,35,38H,5-8,12,25-26H2,1-4H3,(H,42,46)(H,43,45)/t35?,38-/m1/s1. The maximum atomic E-state index is 13.1. The number of ketones is 1. The highest BCUT2D eigenvalue weighted by Gasteiger charge is 2.22. The fourth-order valence-corrected chi connectivity index (χ4v) is 5.37. The van der Waals surface area contributed by atoms with Gasteiger partial charge in [0.2, 0.25) is 0 Å². The summed E-state index contributed by atoms with van der Waals surface area (Å²) in [4.78, 5) is 51.4. The highest BCUT2D eigenvalue weighted by atomic mass is 16.6. The van der Waals surface area contributed by atoms with Crippen molar-refractivity contribution in [3.05, 3.63) is 119 Å². The van der Waals surface area contributed by atoms with Crippen LogP contribution in [0.2, 0.25) is 0 Å². The van der Waals surface area contributed by atoms with Crippen LogP contribution >= 0.6 is 0 Å². The maximum Gasteiger partial charge on any atom is 0.343 e. The molecule has 0 saturated heterocycles. The molecule has 0 aromatic heterocycles.